The van der Waals surface area contributed by atoms with Gasteiger partial charge in [-0.05, 0) is 35.9 Å². The standard InChI is InChI=1S/C24H26N2O4/c1-28-23-16-20(9-10-22(23)30-18-19-6-3-2-4-7-19)24(27)26-13-11-25(12-14-26)17-21-8-5-15-29-21/h2-10,15-16H,11-14,17-18H2,1H3. The number of benzene rings is 2. The molecule has 156 valence electrons. The monoisotopic (exact) mass is 406 g/mol. The molecule has 6 nitrogen and oxygen atoms in total. The summed E-state index contributed by atoms with van der Waals surface area (Å²) in [5, 5.41) is 0. The van der Waals surface area contributed by atoms with Crippen molar-refractivity contribution in [2.75, 3.05) is 33.3 Å². The van der Waals surface area contributed by atoms with Crippen LogP contribution in [0, 0.1) is 0 Å². The second kappa shape index (κ2) is 9.50. The Bertz CT molecular complexity index is 949. The molecule has 30 heavy (non-hydrogen) atoms. The molecule has 0 bridgehead atoms. The molecule has 0 aliphatic carbocycles. The maximum absolute atomic E-state index is 13.0. The SMILES string of the molecule is COc1cc(C(=O)N2CCN(Cc3ccco3)CC2)ccc1OCc1ccccc1. The van der Waals surface area contributed by atoms with Crippen molar-refractivity contribution in [3.63, 3.8) is 0 Å². The first-order valence-corrected chi connectivity index (χ1v) is 10.1. The van der Waals surface area contributed by atoms with E-state index in [-0.39, 0.29) is 5.91 Å². The lowest BCUT2D eigenvalue weighted by atomic mass is 10.1. The molecular weight excluding hydrogens is 380 g/mol. The Morgan fingerprint density at radius 2 is 1.77 bits per heavy atom. The molecule has 4 rings (SSSR count). The van der Waals surface area contributed by atoms with Crippen LogP contribution in [-0.2, 0) is 13.2 Å². The third-order valence-corrected chi connectivity index (χ3v) is 5.27. The Morgan fingerprint density at radius 3 is 2.47 bits per heavy atom. The van der Waals surface area contributed by atoms with Crippen LogP contribution in [0.1, 0.15) is 21.7 Å². The quantitative estimate of drug-likeness (QED) is 0.597. The third kappa shape index (κ3) is 4.83. The van der Waals surface area contributed by atoms with E-state index in [4.69, 9.17) is 13.9 Å². The summed E-state index contributed by atoms with van der Waals surface area (Å²) < 4.78 is 16.8. The molecule has 0 N–H and O–H groups in total. The second-order valence-corrected chi connectivity index (χ2v) is 7.29. The van der Waals surface area contributed by atoms with Gasteiger partial charge in [0.05, 0.1) is 19.9 Å². The highest BCUT2D eigenvalue weighted by atomic mass is 16.5. The molecule has 1 amide bonds. The average molecular weight is 406 g/mol. The molecule has 0 atom stereocenters. The maximum atomic E-state index is 13.0. The lowest BCUT2D eigenvalue weighted by Gasteiger charge is -2.34. The lowest BCUT2D eigenvalue weighted by molar-refractivity contribution is 0.0620. The van der Waals surface area contributed by atoms with E-state index >= 15 is 0 Å². The Balaban J connectivity index is 1.36. The van der Waals surface area contributed by atoms with E-state index in [1.807, 2.05) is 53.4 Å². The van der Waals surface area contributed by atoms with Gasteiger partial charge in [-0.15, -0.1) is 0 Å². The zero-order valence-electron chi connectivity index (χ0n) is 17.1. The van der Waals surface area contributed by atoms with Crippen LogP contribution in [0.5, 0.6) is 11.5 Å². The van der Waals surface area contributed by atoms with E-state index in [1.165, 1.54) is 0 Å². The summed E-state index contributed by atoms with van der Waals surface area (Å²) in [6.45, 7) is 4.24. The van der Waals surface area contributed by atoms with Gasteiger partial charge in [0.1, 0.15) is 12.4 Å². The molecule has 2 aromatic carbocycles. The molecular formula is C24H26N2O4. The zero-order valence-corrected chi connectivity index (χ0v) is 17.1. The van der Waals surface area contributed by atoms with Crippen LogP contribution in [0.4, 0.5) is 0 Å². The maximum Gasteiger partial charge on any atom is 0.254 e. The first-order valence-electron chi connectivity index (χ1n) is 10.1. The number of amides is 1. The Labute approximate surface area is 176 Å². The number of ether oxygens (including phenoxy) is 2. The number of hydrogen-bond donors (Lipinski definition) is 0. The molecule has 1 fully saturated rings. The van der Waals surface area contributed by atoms with Crippen LogP contribution in [0.15, 0.2) is 71.3 Å². The first kappa shape index (κ1) is 20.0. The van der Waals surface area contributed by atoms with Crippen molar-refractivity contribution in [3.8, 4) is 11.5 Å². The van der Waals surface area contributed by atoms with Crippen LogP contribution in [-0.4, -0.2) is 49.0 Å². The molecule has 1 aromatic heterocycles. The van der Waals surface area contributed by atoms with Gasteiger partial charge >= 0.3 is 0 Å². The smallest absolute Gasteiger partial charge is 0.254 e. The molecule has 0 radical (unpaired) electrons. The number of carbonyl (C=O) groups is 1. The molecule has 6 heteroatoms. The van der Waals surface area contributed by atoms with Crippen molar-refractivity contribution >= 4 is 5.91 Å². The minimum Gasteiger partial charge on any atom is -0.493 e. The van der Waals surface area contributed by atoms with Crippen LogP contribution in [0.2, 0.25) is 0 Å². The summed E-state index contributed by atoms with van der Waals surface area (Å²) in [6.07, 6.45) is 1.69. The fraction of sp³-hybridized carbons (Fsp3) is 0.292. The van der Waals surface area contributed by atoms with E-state index in [9.17, 15) is 4.79 Å². The Hall–Kier alpha value is -3.25. The van der Waals surface area contributed by atoms with Crippen molar-refractivity contribution in [1.29, 1.82) is 0 Å². The van der Waals surface area contributed by atoms with Crippen LogP contribution < -0.4 is 9.47 Å². The van der Waals surface area contributed by atoms with Crippen LogP contribution in [0.3, 0.4) is 0 Å². The van der Waals surface area contributed by atoms with Gasteiger partial charge in [-0.1, -0.05) is 30.3 Å². The number of methoxy groups -OCH3 is 1. The van der Waals surface area contributed by atoms with Crippen LogP contribution >= 0.6 is 0 Å². The molecule has 0 spiro atoms. The summed E-state index contributed by atoms with van der Waals surface area (Å²) >= 11 is 0. The fourth-order valence-corrected chi connectivity index (χ4v) is 3.57. The van der Waals surface area contributed by atoms with Gasteiger partial charge in [0, 0.05) is 31.7 Å². The molecule has 0 unspecified atom stereocenters. The van der Waals surface area contributed by atoms with Crippen molar-refractivity contribution in [2.45, 2.75) is 13.2 Å². The molecule has 1 aliphatic rings. The number of piperazine rings is 1. The largest absolute Gasteiger partial charge is 0.493 e. The summed E-state index contributed by atoms with van der Waals surface area (Å²) in [6, 6.07) is 19.2. The number of carbonyl (C=O) groups excluding carboxylic acids is 1. The Morgan fingerprint density at radius 1 is 0.967 bits per heavy atom. The molecule has 3 aromatic rings. The van der Waals surface area contributed by atoms with Gasteiger partial charge in [0.2, 0.25) is 0 Å². The van der Waals surface area contributed by atoms with Gasteiger partial charge in [-0.25, -0.2) is 0 Å². The number of rotatable bonds is 7. The highest BCUT2D eigenvalue weighted by molar-refractivity contribution is 5.95. The fourth-order valence-electron chi connectivity index (χ4n) is 3.57. The second-order valence-electron chi connectivity index (χ2n) is 7.29. The van der Waals surface area contributed by atoms with Crippen LogP contribution in [0.25, 0.3) is 0 Å². The molecule has 1 saturated heterocycles. The predicted molar refractivity (Wildman–Crippen MR) is 114 cm³/mol. The normalized spacial score (nSPS) is 14.5. The minimum atomic E-state index is 0.0144. The topological polar surface area (TPSA) is 55.2 Å². The number of furan rings is 1. The molecule has 1 aliphatic heterocycles. The zero-order chi connectivity index (χ0) is 20.8. The Kier molecular flexibility index (Phi) is 6.35. The predicted octanol–water partition coefficient (Wildman–Crippen LogP) is 3.83. The highest BCUT2D eigenvalue weighted by Gasteiger charge is 2.23. The number of nitrogens with zero attached hydrogens (tertiary/aromatic N) is 2. The minimum absolute atomic E-state index is 0.0144. The van der Waals surface area contributed by atoms with E-state index in [0.29, 0.717) is 36.8 Å². The van der Waals surface area contributed by atoms with Crippen molar-refractivity contribution < 1.29 is 18.7 Å². The van der Waals surface area contributed by atoms with Crippen molar-refractivity contribution in [2.24, 2.45) is 0 Å². The van der Waals surface area contributed by atoms with Gasteiger partial charge in [0.15, 0.2) is 11.5 Å². The van der Waals surface area contributed by atoms with E-state index in [0.717, 1.165) is 31.0 Å². The van der Waals surface area contributed by atoms with E-state index in [1.54, 1.807) is 25.5 Å². The molecule has 0 saturated carbocycles. The van der Waals surface area contributed by atoms with Gasteiger partial charge in [-0.3, -0.25) is 9.69 Å². The van der Waals surface area contributed by atoms with Gasteiger partial charge in [0.25, 0.3) is 5.91 Å². The van der Waals surface area contributed by atoms with Crippen molar-refractivity contribution in [3.05, 3.63) is 83.8 Å². The van der Waals surface area contributed by atoms with Crippen molar-refractivity contribution in [1.82, 2.24) is 9.80 Å². The van der Waals surface area contributed by atoms with E-state index < -0.39 is 0 Å². The van der Waals surface area contributed by atoms with Gasteiger partial charge < -0.3 is 18.8 Å². The first-order chi connectivity index (χ1) is 14.7. The highest BCUT2D eigenvalue weighted by Crippen LogP contribution is 2.29. The molecule has 2 heterocycles. The summed E-state index contributed by atoms with van der Waals surface area (Å²) in [5.41, 5.74) is 1.69. The third-order valence-electron chi connectivity index (χ3n) is 5.27. The lowest BCUT2D eigenvalue weighted by Crippen LogP contribution is -2.48. The summed E-state index contributed by atoms with van der Waals surface area (Å²) in [4.78, 5) is 17.2. The van der Waals surface area contributed by atoms with Gasteiger partial charge in [-0.2, -0.15) is 0 Å². The average Bonchev–Trinajstić information content (AvgIpc) is 3.31. The summed E-state index contributed by atoms with van der Waals surface area (Å²) in [7, 11) is 1.59. The number of hydrogen-bond acceptors (Lipinski definition) is 5. The van der Waals surface area contributed by atoms with E-state index in [2.05, 4.69) is 4.90 Å². The summed E-state index contributed by atoms with van der Waals surface area (Å²) in [5.74, 6) is 2.15.